The van der Waals surface area contributed by atoms with Gasteiger partial charge in [-0.2, -0.15) is 0 Å². The van der Waals surface area contributed by atoms with Crippen molar-refractivity contribution >= 4 is 19.0 Å². The predicted molar refractivity (Wildman–Crippen MR) is 130 cm³/mol. The summed E-state index contributed by atoms with van der Waals surface area (Å²) >= 11 is 0. The standard InChI is InChI=1S/C24H32N2O6Si/c1-7-21(32-17-29-3)23-22(18-10-8-9-11-19(18)25(23)15-28-2)20-14-31-24(27)26(20)16-30-12-13-33(4,5)6/h1,8-11,14,21H,12-13,15-17H2,2-6H3. The molecule has 0 aliphatic heterocycles. The normalized spacial score (nSPS) is 12.8. The number of aromatic nitrogens is 2. The number of hydrogen-bond donors (Lipinski definition) is 0. The Bertz CT molecular complexity index is 1160. The van der Waals surface area contributed by atoms with E-state index in [9.17, 15) is 4.79 Å². The van der Waals surface area contributed by atoms with Crippen LogP contribution in [0.1, 0.15) is 11.8 Å². The van der Waals surface area contributed by atoms with E-state index in [-0.39, 0.29) is 20.3 Å². The maximum atomic E-state index is 12.6. The maximum absolute atomic E-state index is 12.6. The Morgan fingerprint density at radius 2 is 1.88 bits per heavy atom. The molecule has 0 saturated carbocycles. The van der Waals surface area contributed by atoms with Crippen molar-refractivity contribution in [2.45, 2.75) is 45.3 Å². The molecule has 0 amide bonds. The van der Waals surface area contributed by atoms with E-state index in [0.29, 0.717) is 18.0 Å². The van der Waals surface area contributed by atoms with Crippen LogP contribution in [0.15, 0.2) is 39.7 Å². The molecule has 0 N–H and O–H groups in total. The summed E-state index contributed by atoms with van der Waals surface area (Å²) in [6.07, 6.45) is 6.56. The van der Waals surface area contributed by atoms with E-state index < -0.39 is 19.9 Å². The largest absolute Gasteiger partial charge is 0.421 e. The van der Waals surface area contributed by atoms with Crippen LogP contribution in [0, 0.1) is 12.3 Å². The van der Waals surface area contributed by atoms with Gasteiger partial charge in [0.1, 0.15) is 26.5 Å². The third kappa shape index (κ3) is 5.66. The molecule has 1 unspecified atom stereocenters. The molecule has 1 aromatic carbocycles. The molecule has 33 heavy (non-hydrogen) atoms. The van der Waals surface area contributed by atoms with Crippen LogP contribution in [0.4, 0.5) is 0 Å². The summed E-state index contributed by atoms with van der Waals surface area (Å²) in [6, 6.07) is 8.80. The second kappa shape index (κ2) is 11.0. The number of oxazole rings is 1. The lowest BCUT2D eigenvalue weighted by molar-refractivity contribution is -0.0563. The second-order valence-corrected chi connectivity index (χ2v) is 14.5. The first kappa shape index (κ1) is 25.0. The van der Waals surface area contributed by atoms with Crippen LogP contribution in [0.2, 0.25) is 25.7 Å². The van der Waals surface area contributed by atoms with E-state index in [1.807, 2.05) is 28.8 Å². The average molecular weight is 473 g/mol. The van der Waals surface area contributed by atoms with Crippen LogP contribution in [0.5, 0.6) is 0 Å². The quantitative estimate of drug-likeness (QED) is 0.170. The van der Waals surface area contributed by atoms with Gasteiger partial charge in [0.2, 0.25) is 0 Å². The van der Waals surface area contributed by atoms with Crippen LogP contribution in [0.3, 0.4) is 0 Å². The summed E-state index contributed by atoms with van der Waals surface area (Å²) < 4.78 is 31.0. The van der Waals surface area contributed by atoms with Crippen molar-refractivity contribution in [3.8, 4) is 23.6 Å². The topological polar surface area (TPSA) is 77.0 Å². The molecule has 0 aliphatic rings. The number of ether oxygens (including phenoxy) is 4. The third-order valence-corrected chi connectivity index (χ3v) is 6.98. The minimum atomic E-state index is -1.26. The Hall–Kier alpha value is -2.61. The number of terminal acetylenes is 1. The number of benzene rings is 1. The fourth-order valence-corrected chi connectivity index (χ4v) is 4.41. The average Bonchev–Trinajstić information content (AvgIpc) is 3.29. The molecule has 8 nitrogen and oxygen atoms in total. The van der Waals surface area contributed by atoms with Gasteiger partial charge >= 0.3 is 5.76 Å². The molecule has 1 atom stereocenters. The number of methoxy groups -OCH3 is 2. The number of rotatable bonds is 12. The highest BCUT2D eigenvalue weighted by molar-refractivity contribution is 6.76. The number of fused-ring (bicyclic) bond motifs is 1. The summed E-state index contributed by atoms with van der Waals surface area (Å²) in [4.78, 5) is 12.6. The Morgan fingerprint density at radius 1 is 1.12 bits per heavy atom. The highest BCUT2D eigenvalue weighted by Crippen LogP contribution is 2.39. The van der Waals surface area contributed by atoms with Gasteiger partial charge in [0.25, 0.3) is 0 Å². The van der Waals surface area contributed by atoms with E-state index in [4.69, 9.17) is 29.8 Å². The van der Waals surface area contributed by atoms with Gasteiger partial charge in [-0.25, -0.2) is 9.36 Å². The van der Waals surface area contributed by atoms with Crippen LogP contribution in [-0.2, 0) is 32.4 Å². The lowest BCUT2D eigenvalue weighted by Gasteiger charge is -2.18. The molecule has 178 valence electrons. The van der Waals surface area contributed by atoms with E-state index in [1.54, 1.807) is 7.11 Å². The predicted octanol–water partition coefficient (Wildman–Crippen LogP) is 4.27. The second-order valence-electron chi connectivity index (χ2n) is 8.91. The van der Waals surface area contributed by atoms with Crippen molar-refractivity contribution in [3.05, 3.63) is 46.8 Å². The zero-order chi connectivity index (χ0) is 24.0. The van der Waals surface area contributed by atoms with E-state index in [2.05, 4.69) is 25.6 Å². The molecule has 2 heterocycles. The summed E-state index contributed by atoms with van der Waals surface area (Å²) in [5.74, 6) is 2.20. The van der Waals surface area contributed by atoms with E-state index in [0.717, 1.165) is 22.5 Å². The van der Waals surface area contributed by atoms with Crippen LogP contribution < -0.4 is 5.76 Å². The molecular formula is C24H32N2O6Si. The molecule has 3 rings (SSSR count). The minimum Gasteiger partial charge on any atom is -0.416 e. The lowest BCUT2D eigenvalue weighted by Crippen LogP contribution is -2.23. The fourth-order valence-electron chi connectivity index (χ4n) is 3.66. The summed E-state index contributed by atoms with van der Waals surface area (Å²) in [5.41, 5.74) is 2.87. The first-order valence-corrected chi connectivity index (χ1v) is 14.5. The molecule has 0 spiro atoms. The summed E-state index contributed by atoms with van der Waals surface area (Å²) in [6.45, 7) is 7.77. The van der Waals surface area contributed by atoms with Gasteiger partial charge in [-0.1, -0.05) is 43.8 Å². The third-order valence-electron chi connectivity index (χ3n) is 5.28. The minimum absolute atomic E-state index is 0.0147. The molecule has 0 radical (unpaired) electrons. The monoisotopic (exact) mass is 472 g/mol. The Labute approximate surface area is 195 Å². The van der Waals surface area contributed by atoms with Crippen molar-refractivity contribution in [1.29, 1.82) is 0 Å². The summed E-state index contributed by atoms with van der Waals surface area (Å²) in [5, 5.41) is 0.891. The first-order valence-electron chi connectivity index (χ1n) is 10.8. The first-order chi connectivity index (χ1) is 15.8. The Balaban J connectivity index is 2.14. The molecule has 0 saturated heterocycles. The van der Waals surface area contributed by atoms with Gasteiger partial charge < -0.3 is 27.9 Å². The molecular weight excluding hydrogens is 440 g/mol. The van der Waals surface area contributed by atoms with Crippen LogP contribution >= 0.6 is 0 Å². The zero-order valence-corrected chi connectivity index (χ0v) is 20.9. The van der Waals surface area contributed by atoms with Crippen LogP contribution in [-0.4, -0.2) is 44.8 Å². The van der Waals surface area contributed by atoms with Gasteiger partial charge in [-0.15, -0.1) is 6.42 Å². The van der Waals surface area contributed by atoms with E-state index in [1.165, 1.54) is 17.9 Å². The number of hydrogen-bond acceptors (Lipinski definition) is 6. The van der Waals surface area contributed by atoms with Crippen molar-refractivity contribution in [2.24, 2.45) is 0 Å². The Morgan fingerprint density at radius 3 is 2.55 bits per heavy atom. The smallest absolute Gasteiger partial charge is 0.416 e. The van der Waals surface area contributed by atoms with Gasteiger partial charge in [0.15, 0.2) is 6.10 Å². The van der Waals surface area contributed by atoms with Crippen LogP contribution in [0.25, 0.3) is 22.2 Å². The maximum Gasteiger partial charge on any atom is 0.421 e. The van der Waals surface area contributed by atoms with Crippen molar-refractivity contribution in [3.63, 3.8) is 0 Å². The highest BCUT2D eigenvalue weighted by Gasteiger charge is 2.28. The van der Waals surface area contributed by atoms with Gasteiger partial charge in [-0.3, -0.25) is 0 Å². The molecule has 9 heteroatoms. The fraction of sp³-hybridized carbons (Fsp3) is 0.458. The van der Waals surface area contributed by atoms with Gasteiger partial charge in [-0.05, 0) is 12.1 Å². The highest BCUT2D eigenvalue weighted by atomic mass is 28.3. The number of para-hydroxylation sites is 1. The van der Waals surface area contributed by atoms with Crippen molar-refractivity contribution in [2.75, 3.05) is 27.6 Å². The van der Waals surface area contributed by atoms with Gasteiger partial charge in [0.05, 0.1) is 16.9 Å². The van der Waals surface area contributed by atoms with Crippen molar-refractivity contribution in [1.82, 2.24) is 9.13 Å². The lowest BCUT2D eigenvalue weighted by atomic mass is 10.0. The zero-order valence-electron chi connectivity index (χ0n) is 19.9. The van der Waals surface area contributed by atoms with Crippen molar-refractivity contribution < 1.29 is 23.4 Å². The summed E-state index contributed by atoms with van der Waals surface area (Å²) in [7, 11) is 1.89. The SMILES string of the molecule is C#CC(OCOC)c1c(-c2coc(=O)n2COCC[Si](C)(C)C)c2ccccc2n1COC. The molecule has 3 aromatic rings. The molecule has 0 bridgehead atoms. The number of nitrogens with zero attached hydrogens (tertiary/aromatic N) is 2. The van der Waals surface area contributed by atoms with E-state index >= 15 is 0 Å². The molecule has 2 aromatic heterocycles. The van der Waals surface area contributed by atoms with Gasteiger partial charge in [0, 0.05) is 39.9 Å². The Kier molecular flexibility index (Phi) is 8.34. The molecule has 0 aliphatic carbocycles. The molecule has 0 fully saturated rings.